The Morgan fingerprint density at radius 3 is 2.42 bits per heavy atom. The van der Waals surface area contributed by atoms with Crippen molar-refractivity contribution in [3.8, 4) is 0 Å². The molecule has 1 aliphatic rings. The van der Waals surface area contributed by atoms with Crippen LogP contribution in [-0.4, -0.2) is 30.1 Å². The van der Waals surface area contributed by atoms with E-state index in [0.717, 1.165) is 12.5 Å². The van der Waals surface area contributed by atoms with Gasteiger partial charge in [0.2, 0.25) is 0 Å². The molecule has 1 aliphatic heterocycles. The molecule has 2 N–H and O–H groups in total. The smallest absolute Gasteiger partial charge is 0.0275 e. The molecule has 0 aromatic carbocycles. The van der Waals surface area contributed by atoms with E-state index in [1.54, 1.807) is 0 Å². The van der Waals surface area contributed by atoms with Crippen molar-refractivity contribution >= 4 is 0 Å². The Hall–Kier alpha value is -0.0800. The van der Waals surface area contributed by atoms with Gasteiger partial charge in [0.25, 0.3) is 0 Å². The number of nitrogens with two attached hydrogens (primary N) is 1. The van der Waals surface area contributed by atoms with E-state index in [-0.39, 0.29) is 5.54 Å². The maximum Gasteiger partial charge on any atom is 0.0275 e. The minimum Gasteiger partial charge on any atom is -0.329 e. The molecule has 0 radical (unpaired) electrons. The molecule has 1 heterocycles. The summed E-state index contributed by atoms with van der Waals surface area (Å²) in [5.41, 5.74) is 5.92. The van der Waals surface area contributed by atoms with E-state index in [1.165, 1.54) is 25.9 Å². The summed E-state index contributed by atoms with van der Waals surface area (Å²) in [6.45, 7) is 10.0. The van der Waals surface area contributed by atoms with Crippen molar-refractivity contribution in [3.63, 3.8) is 0 Å². The highest BCUT2D eigenvalue weighted by molar-refractivity contribution is 4.91. The molecular formula is C10H22N2. The van der Waals surface area contributed by atoms with Gasteiger partial charge >= 0.3 is 0 Å². The van der Waals surface area contributed by atoms with E-state index in [4.69, 9.17) is 5.73 Å². The number of hydrogen-bond donors (Lipinski definition) is 1. The second-order valence-corrected chi connectivity index (χ2v) is 4.58. The largest absolute Gasteiger partial charge is 0.329 e. The lowest BCUT2D eigenvalue weighted by molar-refractivity contribution is 0.00509. The Kier molecular flexibility index (Phi) is 3.13. The Labute approximate surface area is 76.1 Å². The third kappa shape index (κ3) is 1.99. The van der Waals surface area contributed by atoms with Crippen LogP contribution < -0.4 is 5.73 Å². The second-order valence-electron chi connectivity index (χ2n) is 4.58. The van der Waals surface area contributed by atoms with Gasteiger partial charge < -0.3 is 5.73 Å². The molecule has 1 fully saturated rings. The maximum absolute atomic E-state index is 5.69. The van der Waals surface area contributed by atoms with Gasteiger partial charge in [-0.15, -0.1) is 0 Å². The number of nitrogens with zero attached hydrogens (tertiary/aromatic N) is 1. The molecule has 0 aromatic heterocycles. The minimum atomic E-state index is 0.226. The molecule has 2 nitrogen and oxygen atoms in total. The summed E-state index contributed by atoms with van der Waals surface area (Å²) < 4.78 is 0. The summed E-state index contributed by atoms with van der Waals surface area (Å²) in [4.78, 5) is 2.49. The van der Waals surface area contributed by atoms with Gasteiger partial charge in [0.15, 0.2) is 0 Å². The molecule has 0 aromatic rings. The van der Waals surface area contributed by atoms with Crippen molar-refractivity contribution in [1.82, 2.24) is 4.90 Å². The fourth-order valence-electron chi connectivity index (χ4n) is 1.78. The van der Waals surface area contributed by atoms with Crippen LogP contribution in [0, 0.1) is 5.92 Å². The second kappa shape index (κ2) is 3.75. The van der Waals surface area contributed by atoms with Gasteiger partial charge in [-0.1, -0.05) is 13.3 Å². The van der Waals surface area contributed by atoms with Crippen LogP contribution in [0.5, 0.6) is 0 Å². The van der Waals surface area contributed by atoms with Crippen molar-refractivity contribution in [3.05, 3.63) is 0 Å². The van der Waals surface area contributed by atoms with Crippen LogP contribution in [0.1, 0.15) is 33.6 Å². The van der Waals surface area contributed by atoms with Crippen LogP contribution in [0.2, 0.25) is 0 Å². The first kappa shape index (κ1) is 10.0. The van der Waals surface area contributed by atoms with Crippen molar-refractivity contribution in [2.45, 2.75) is 39.2 Å². The fourth-order valence-corrected chi connectivity index (χ4v) is 1.78. The third-order valence-electron chi connectivity index (χ3n) is 3.01. The first-order valence-corrected chi connectivity index (χ1v) is 5.05. The molecule has 2 heteroatoms. The van der Waals surface area contributed by atoms with E-state index in [2.05, 4.69) is 25.7 Å². The minimum absolute atomic E-state index is 0.226. The zero-order valence-corrected chi connectivity index (χ0v) is 8.64. The zero-order valence-electron chi connectivity index (χ0n) is 8.64. The van der Waals surface area contributed by atoms with Crippen molar-refractivity contribution in [2.24, 2.45) is 11.7 Å². The van der Waals surface area contributed by atoms with E-state index in [0.29, 0.717) is 0 Å². The Bertz CT molecular complexity index is 137. The lowest BCUT2D eigenvalue weighted by atomic mass is 9.88. The molecule has 0 unspecified atom stereocenters. The van der Waals surface area contributed by atoms with Crippen LogP contribution in [-0.2, 0) is 0 Å². The van der Waals surface area contributed by atoms with E-state index < -0.39 is 0 Å². The number of hydrogen-bond acceptors (Lipinski definition) is 2. The van der Waals surface area contributed by atoms with Gasteiger partial charge in [-0.25, -0.2) is 0 Å². The Balaban J connectivity index is 2.24. The summed E-state index contributed by atoms with van der Waals surface area (Å²) in [6.07, 6.45) is 2.71. The SMILES string of the molecule is CCCC1CN(C(C)(C)CN)C1. The quantitative estimate of drug-likeness (QED) is 0.692. The predicted octanol–water partition coefficient (Wildman–Crippen LogP) is 1.46. The van der Waals surface area contributed by atoms with Crippen LogP contribution in [0.25, 0.3) is 0 Å². The maximum atomic E-state index is 5.69. The molecule has 0 aliphatic carbocycles. The highest BCUT2D eigenvalue weighted by Crippen LogP contribution is 2.27. The summed E-state index contributed by atoms with van der Waals surface area (Å²) in [5, 5.41) is 0. The monoisotopic (exact) mass is 170 g/mol. The molecular weight excluding hydrogens is 148 g/mol. The van der Waals surface area contributed by atoms with Crippen LogP contribution in [0.15, 0.2) is 0 Å². The van der Waals surface area contributed by atoms with Crippen LogP contribution in [0.4, 0.5) is 0 Å². The fraction of sp³-hybridized carbons (Fsp3) is 1.00. The lowest BCUT2D eigenvalue weighted by Gasteiger charge is -2.49. The van der Waals surface area contributed by atoms with Gasteiger partial charge in [-0.3, -0.25) is 4.90 Å². The van der Waals surface area contributed by atoms with Crippen molar-refractivity contribution < 1.29 is 0 Å². The molecule has 1 rings (SSSR count). The normalized spacial score (nSPS) is 21.0. The average Bonchev–Trinajstić information content (AvgIpc) is 1.95. The highest BCUT2D eigenvalue weighted by Gasteiger charge is 2.35. The van der Waals surface area contributed by atoms with Crippen LogP contribution >= 0.6 is 0 Å². The Morgan fingerprint density at radius 1 is 1.42 bits per heavy atom. The van der Waals surface area contributed by atoms with Gasteiger partial charge in [0.05, 0.1) is 0 Å². The topological polar surface area (TPSA) is 29.3 Å². The van der Waals surface area contributed by atoms with Gasteiger partial charge in [-0.05, 0) is 26.2 Å². The number of rotatable bonds is 4. The standard InChI is InChI=1S/C10H22N2/c1-4-5-9-6-12(7-9)10(2,3)8-11/h9H,4-8,11H2,1-3H3. The summed E-state index contributed by atoms with van der Waals surface area (Å²) in [5.74, 6) is 0.945. The molecule has 12 heavy (non-hydrogen) atoms. The van der Waals surface area contributed by atoms with E-state index in [1.807, 2.05) is 0 Å². The predicted molar refractivity (Wildman–Crippen MR) is 53.1 cm³/mol. The van der Waals surface area contributed by atoms with Gasteiger partial charge in [-0.2, -0.15) is 0 Å². The van der Waals surface area contributed by atoms with E-state index >= 15 is 0 Å². The van der Waals surface area contributed by atoms with Crippen molar-refractivity contribution in [2.75, 3.05) is 19.6 Å². The summed E-state index contributed by atoms with van der Waals surface area (Å²) in [7, 11) is 0. The van der Waals surface area contributed by atoms with Crippen molar-refractivity contribution in [1.29, 1.82) is 0 Å². The molecule has 72 valence electrons. The average molecular weight is 170 g/mol. The first-order chi connectivity index (χ1) is 5.60. The third-order valence-corrected chi connectivity index (χ3v) is 3.01. The van der Waals surface area contributed by atoms with Gasteiger partial charge in [0.1, 0.15) is 0 Å². The molecule has 0 saturated carbocycles. The first-order valence-electron chi connectivity index (χ1n) is 5.05. The Morgan fingerprint density at radius 2 is 2.00 bits per heavy atom. The molecule has 0 amide bonds. The van der Waals surface area contributed by atoms with Crippen LogP contribution in [0.3, 0.4) is 0 Å². The molecule has 0 atom stereocenters. The molecule has 0 spiro atoms. The molecule has 1 saturated heterocycles. The van der Waals surface area contributed by atoms with E-state index in [9.17, 15) is 0 Å². The summed E-state index contributed by atoms with van der Waals surface area (Å²) >= 11 is 0. The summed E-state index contributed by atoms with van der Waals surface area (Å²) in [6, 6.07) is 0. The molecule has 0 bridgehead atoms. The van der Waals surface area contributed by atoms with Gasteiger partial charge in [0, 0.05) is 25.2 Å². The zero-order chi connectivity index (χ0) is 9.19. The highest BCUT2D eigenvalue weighted by atomic mass is 15.2. The lowest BCUT2D eigenvalue weighted by Crippen LogP contribution is -2.59. The number of likely N-dealkylation sites (tertiary alicyclic amines) is 1.